The normalized spacial score (nSPS) is 20.3. The zero-order chi connectivity index (χ0) is 10.1. The Kier molecular flexibility index (Phi) is 2.31. The van der Waals surface area contributed by atoms with Gasteiger partial charge in [0.15, 0.2) is 11.5 Å². The van der Waals surface area contributed by atoms with Crippen LogP contribution in [0.2, 0.25) is 0 Å². The van der Waals surface area contributed by atoms with Crippen molar-refractivity contribution in [2.75, 3.05) is 13.7 Å². The summed E-state index contributed by atoms with van der Waals surface area (Å²) in [7, 11) is 1.51. The summed E-state index contributed by atoms with van der Waals surface area (Å²) in [6, 6.07) is 3.32. The minimum atomic E-state index is -0.546. The molecule has 1 aromatic rings. The Morgan fingerprint density at radius 3 is 3.00 bits per heavy atom. The molecule has 0 saturated heterocycles. The first-order valence-electron chi connectivity index (χ1n) is 4.51. The molecule has 1 atom stereocenters. The first-order chi connectivity index (χ1) is 6.72. The molecule has 4 heteroatoms. The highest BCUT2D eigenvalue weighted by Gasteiger charge is 2.19. The second kappa shape index (κ2) is 3.48. The third-order valence-electron chi connectivity index (χ3n) is 2.45. The zero-order valence-corrected chi connectivity index (χ0v) is 7.95. The van der Waals surface area contributed by atoms with Gasteiger partial charge in [-0.1, -0.05) is 0 Å². The van der Waals surface area contributed by atoms with Gasteiger partial charge >= 0.3 is 0 Å². The first kappa shape index (κ1) is 9.30. The van der Waals surface area contributed by atoms with Crippen molar-refractivity contribution in [1.82, 2.24) is 5.32 Å². The lowest BCUT2D eigenvalue weighted by Crippen LogP contribution is -2.27. The Morgan fingerprint density at radius 2 is 2.29 bits per heavy atom. The Labute approximate surface area is 82.1 Å². The van der Waals surface area contributed by atoms with E-state index in [-0.39, 0.29) is 5.75 Å². The summed E-state index contributed by atoms with van der Waals surface area (Å²) in [6.07, 6.45) is -0.546. The first-order valence-corrected chi connectivity index (χ1v) is 4.51. The predicted octanol–water partition coefficient (Wildman–Crippen LogP) is 0.537. The van der Waals surface area contributed by atoms with Crippen molar-refractivity contribution in [1.29, 1.82) is 0 Å². The van der Waals surface area contributed by atoms with Gasteiger partial charge in [-0.25, -0.2) is 0 Å². The molecule has 0 aliphatic carbocycles. The predicted molar refractivity (Wildman–Crippen MR) is 51.3 cm³/mol. The van der Waals surface area contributed by atoms with Gasteiger partial charge in [0.25, 0.3) is 0 Å². The number of aromatic hydroxyl groups is 1. The van der Waals surface area contributed by atoms with E-state index in [0.29, 0.717) is 18.8 Å². The van der Waals surface area contributed by atoms with Crippen molar-refractivity contribution < 1.29 is 14.9 Å². The summed E-state index contributed by atoms with van der Waals surface area (Å²) in [5, 5.41) is 22.2. The topological polar surface area (TPSA) is 61.7 Å². The summed E-state index contributed by atoms with van der Waals surface area (Å²) >= 11 is 0. The highest BCUT2D eigenvalue weighted by atomic mass is 16.5. The van der Waals surface area contributed by atoms with Gasteiger partial charge in [-0.15, -0.1) is 0 Å². The number of nitrogens with one attached hydrogen (secondary N) is 1. The number of hydrogen-bond donors (Lipinski definition) is 3. The molecular formula is C10H13NO3. The van der Waals surface area contributed by atoms with E-state index in [4.69, 9.17) is 4.74 Å². The van der Waals surface area contributed by atoms with Crippen LogP contribution in [0, 0.1) is 0 Å². The third-order valence-corrected chi connectivity index (χ3v) is 2.45. The molecule has 1 heterocycles. The largest absolute Gasteiger partial charge is 0.504 e. The summed E-state index contributed by atoms with van der Waals surface area (Å²) in [5.74, 6) is 0.520. The second-order valence-corrected chi connectivity index (χ2v) is 3.37. The van der Waals surface area contributed by atoms with Crippen LogP contribution in [0.1, 0.15) is 17.2 Å². The second-order valence-electron chi connectivity index (χ2n) is 3.37. The van der Waals surface area contributed by atoms with Crippen LogP contribution in [0.15, 0.2) is 12.1 Å². The highest BCUT2D eigenvalue weighted by Crippen LogP contribution is 2.33. The van der Waals surface area contributed by atoms with Crippen LogP contribution < -0.4 is 10.1 Å². The molecule has 0 radical (unpaired) electrons. The number of fused-ring (bicyclic) bond motifs is 1. The van der Waals surface area contributed by atoms with Gasteiger partial charge in [0.2, 0.25) is 0 Å². The van der Waals surface area contributed by atoms with Crippen LogP contribution in [0.3, 0.4) is 0 Å². The van der Waals surface area contributed by atoms with Gasteiger partial charge in [-0.05, 0) is 23.3 Å². The van der Waals surface area contributed by atoms with E-state index in [0.717, 1.165) is 11.1 Å². The number of rotatable bonds is 1. The number of phenolic OH excluding ortho intramolecular Hbond substituents is 1. The minimum Gasteiger partial charge on any atom is -0.504 e. The summed E-state index contributed by atoms with van der Waals surface area (Å²) in [6.45, 7) is 1.22. The van der Waals surface area contributed by atoms with Crippen LogP contribution in [0.25, 0.3) is 0 Å². The molecular weight excluding hydrogens is 182 g/mol. The van der Waals surface area contributed by atoms with Crippen molar-refractivity contribution in [2.45, 2.75) is 12.6 Å². The lowest BCUT2D eigenvalue weighted by Gasteiger charge is -2.23. The van der Waals surface area contributed by atoms with Gasteiger partial charge in [-0.3, -0.25) is 0 Å². The van der Waals surface area contributed by atoms with Crippen LogP contribution >= 0.6 is 0 Å². The van der Waals surface area contributed by atoms with Crippen molar-refractivity contribution >= 4 is 0 Å². The van der Waals surface area contributed by atoms with Crippen molar-refractivity contribution in [2.24, 2.45) is 0 Å². The van der Waals surface area contributed by atoms with Gasteiger partial charge in [0.1, 0.15) is 0 Å². The number of hydrogen-bond acceptors (Lipinski definition) is 4. The highest BCUT2D eigenvalue weighted by molar-refractivity contribution is 5.48. The third kappa shape index (κ3) is 1.42. The number of benzene rings is 1. The number of ether oxygens (including phenoxy) is 1. The van der Waals surface area contributed by atoms with Crippen LogP contribution in [-0.4, -0.2) is 23.9 Å². The Balaban J connectivity index is 2.48. The molecule has 1 aromatic carbocycles. The molecule has 1 aliphatic rings. The Hall–Kier alpha value is -1.26. The van der Waals surface area contributed by atoms with E-state index in [9.17, 15) is 10.2 Å². The fourth-order valence-corrected chi connectivity index (χ4v) is 1.71. The van der Waals surface area contributed by atoms with Gasteiger partial charge in [0.05, 0.1) is 13.2 Å². The molecule has 0 fully saturated rings. The smallest absolute Gasteiger partial charge is 0.160 e. The van der Waals surface area contributed by atoms with E-state index < -0.39 is 6.10 Å². The van der Waals surface area contributed by atoms with Crippen molar-refractivity contribution in [3.05, 3.63) is 23.3 Å². The number of aliphatic hydroxyl groups is 1. The molecule has 0 spiro atoms. The summed E-state index contributed by atoms with van der Waals surface area (Å²) in [5.41, 5.74) is 1.75. The average Bonchev–Trinajstić information content (AvgIpc) is 2.19. The molecule has 2 rings (SSSR count). The van der Waals surface area contributed by atoms with Crippen LogP contribution in [0.4, 0.5) is 0 Å². The van der Waals surface area contributed by atoms with Crippen molar-refractivity contribution in [3.8, 4) is 11.5 Å². The number of methoxy groups -OCH3 is 1. The number of β-amino-alcohol motifs (C(OH)–C–C–N with tert-alkyl or cyclic N) is 1. The monoisotopic (exact) mass is 195 g/mol. The maximum absolute atomic E-state index is 9.63. The van der Waals surface area contributed by atoms with Gasteiger partial charge in [0, 0.05) is 13.1 Å². The van der Waals surface area contributed by atoms with Gasteiger partial charge < -0.3 is 20.3 Å². The summed E-state index contributed by atoms with van der Waals surface area (Å²) in [4.78, 5) is 0. The van der Waals surface area contributed by atoms with E-state index >= 15 is 0 Å². The van der Waals surface area contributed by atoms with E-state index in [1.807, 2.05) is 0 Å². The van der Waals surface area contributed by atoms with Crippen molar-refractivity contribution in [3.63, 3.8) is 0 Å². The van der Waals surface area contributed by atoms with E-state index in [2.05, 4.69) is 5.32 Å². The van der Waals surface area contributed by atoms with E-state index in [1.165, 1.54) is 7.11 Å². The molecule has 1 aliphatic heterocycles. The molecule has 0 bridgehead atoms. The molecule has 76 valence electrons. The molecule has 0 unspecified atom stereocenters. The molecule has 0 amide bonds. The standard InChI is InChI=1S/C10H13NO3/c1-14-10-2-6-4-11-5-9(13)7(6)3-8(10)12/h2-3,9,11-13H,4-5H2,1H3/t9-/m1/s1. The minimum absolute atomic E-state index is 0.0761. The van der Waals surface area contributed by atoms with Crippen LogP contribution in [-0.2, 0) is 6.54 Å². The maximum atomic E-state index is 9.63. The number of aliphatic hydroxyl groups excluding tert-OH is 1. The molecule has 14 heavy (non-hydrogen) atoms. The lowest BCUT2D eigenvalue weighted by molar-refractivity contribution is 0.164. The fourth-order valence-electron chi connectivity index (χ4n) is 1.71. The molecule has 0 saturated carbocycles. The summed E-state index contributed by atoms with van der Waals surface area (Å²) < 4.78 is 4.99. The molecule has 3 N–H and O–H groups in total. The number of phenols is 1. The SMILES string of the molecule is COc1cc2c(cc1O)[C@H](O)CNC2. The Bertz CT molecular complexity index is 351. The Morgan fingerprint density at radius 1 is 1.50 bits per heavy atom. The van der Waals surface area contributed by atoms with Crippen LogP contribution in [0.5, 0.6) is 11.5 Å². The maximum Gasteiger partial charge on any atom is 0.160 e. The quantitative estimate of drug-likeness (QED) is 0.612. The molecule has 0 aromatic heterocycles. The zero-order valence-electron chi connectivity index (χ0n) is 7.95. The average molecular weight is 195 g/mol. The van der Waals surface area contributed by atoms with E-state index in [1.54, 1.807) is 12.1 Å². The molecule has 4 nitrogen and oxygen atoms in total. The van der Waals surface area contributed by atoms with Gasteiger partial charge in [-0.2, -0.15) is 0 Å². The lowest BCUT2D eigenvalue weighted by atomic mass is 9.98. The fraction of sp³-hybridized carbons (Fsp3) is 0.400.